The summed E-state index contributed by atoms with van der Waals surface area (Å²) < 4.78 is 7.04. The summed E-state index contributed by atoms with van der Waals surface area (Å²) in [4.78, 5) is 21.3. The molecule has 0 fully saturated rings. The second-order valence-electron chi connectivity index (χ2n) is 6.53. The number of thioether (sulfide) groups is 1. The molecule has 1 atom stereocenters. The molecule has 5 nitrogen and oxygen atoms in total. The minimum atomic E-state index is -0.318. The molecule has 2 heterocycles. The van der Waals surface area contributed by atoms with E-state index in [-0.39, 0.29) is 11.2 Å². The van der Waals surface area contributed by atoms with Crippen LogP contribution in [0, 0.1) is 0 Å². The molecule has 0 saturated carbocycles. The minimum absolute atomic E-state index is 0.243. The van der Waals surface area contributed by atoms with Gasteiger partial charge >= 0.3 is 5.97 Å². The molecule has 4 aromatic rings. The molecule has 6 heteroatoms. The maximum Gasteiger partial charge on any atom is 0.319 e. The standard InChI is InChI=1S/C23H21N3O2S/c1-3-19(23(27)28-2)29-22-20-18(16-10-6-4-7-11-16)14-26(21(20)24-15-25-22)17-12-8-5-9-13-17/h4-15,19H,3H2,1-2H3/t19-/m0/s1. The number of rotatable bonds is 6. The largest absolute Gasteiger partial charge is 0.468 e. The van der Waals surface area contributed by atoms with E-state index in [9.17, 15) is 4.79 Å². The van der Waals surface area contributed by atoms with Crippen molar-refractivity contribution in [1.82, 2.24) is 14.5 Å². The van der Waals surface area contributed by atoms with Crippen LogP contribution in [0.25, 0.3) is 27.8 Å². The van der Waals surface area contributed by atoms with Gasteiger partial charge in [0.2, 0.25) is 0 Å². The van der Waals surface area contributed by atoms with Crippen molar-refractivity contribution < 1.29 is 9.53 Å². The zero-order chi connectivity index (χ0) is 20.2. The predicted octanol–water partition coefficient (Wildman–Crippen LogP) is 5.13. The number of aromatic nitrogens is 3. The molecule has 0 radical (unpaired) electrons. The zero-order valence-corrected chi connectivity index (χ0v) is 17.1. The Morgan fingerprint density at radius 2 is 1.76 bits per heavy atom. The Kier molecular flexibility index (Phi) is 5.62. The third-order valence-electron chi connectivity index (χ3n) is 4.76. The van der Waals surface area contributed by atoms with Gasteiger partial charge in [0, 0.05) is 17.4 Å². The number of fused-ring (bicyclic) bond motifs is 1. The summed E-state index contributed by atoms with van der Waals surface area (Å²) in [5, 5.41) is 1.40. The van der Waals surface area contributed by atoms with Crippen molar-refractivity contribution in [1.29, 1.82) is 0 Å². The van der Waals surface area contributed by atoms with E-state index in [1.807, 2.05) is 55.5 Å². The number of benzene rings is 2. The van der Waals surface area contributed by atoms with Gasteiger partial charge in [0.1, 0.15) is 22.3 Å². The van der Waals surface area contributed by atoms with Crippen LogP contribution in [0.1, 0.15) is 13.3 Å². The molecule has 0 aliphatic heterocycles. The fraction of sp³-hybridized carbons (Fsp3) is 0.174. The van der Waals surface area contributed by atoms with Gasteiger partial charge in [-0.05, 0) is 24.1 Å². The van der Waals surface area contributed by atoms with Gasteiger partial charge in [-0.15, -0.1) is 0 Å². The highest BCUT2D eigenvalue weighted by molar-refractivity contribution is 8.00. The molecule has 4 rings (SSSR count). The first-order valence-electron chi connectivity index (χ1n) is 9.44. The minimum Gasteiger partial charge on any atom is -0.468 e. The van der Waals surface area contributed by atoms with E-state index in [0.29, 0.717) is 6.42 Å². The SMILES string of the molecule is CC[C@H](Sc1ncnc2c1c(-c1ccccc1)cn2-c1ccccc1)C(=O)OC. The van der Waals surface area contributed by atoms with Crippen LogP contribution < -0.4 is 0 Å². The Morgan fingerprint density at radius 3 is 2.41 bits per heavy atom. The Hall–Kier alpha value is -3.12. The summed E-state index contributed by atoms with van der Waals surface area (Å²) in [6, 6.07) is 20.3. The van der Waals surface area contributed by atoms with Gasteiger partial charge in [-0.25, -0.2) is 9.97 Å². The van der Waals surface area contributed by atoms with Crippen molar-refractivity contribution in [2.24, 2.45) is 0 Å². The predicted molar refractivity (Wildman–Crippen MR) is 116 cm³/mol. The maximum absolute atomic E-state index is 12.2. The molecule has 0 spiro atoms. The molecular formula is C23H21N3O2S. The lowest BCUT2D eigenvalue weighted by Crippen LogP contribution is -2.17. The number of carbonyl (C=O) groups is 1. The van der Waals surface area contributed by atoms with Gasteiger partial charge in [-0.2, -0.15) is 0 Å². The second-order valence-corrected chi connectivity index (χ2v) is 7.72. The Balaban J connectivity index is 1.94. The van der Waals surface area contributed by atoms with Crippen LogP contribution in [0.15, 0.2) is 78.2 Å². The van der Waals surface area contributed by atoms with Crippen LogP contribution >= 0.6 is 11.8 Å². The molecule has 2 aromatic carbocycles. The van der Waals surface area contributed by atoms with Crippen molar-refractivity contribution in [3.05, 3.63) is 73.2 Å². The summed E-state index contributed by atoms with van der Waals surface area (Å²) in [5.41, 5.74) is 3.95. The Bertz CT molecular complexity index is 1130. The quantitative estimate of drug-likeness (QED) is 0.254. The van der Waals surface area contributed by atoms with Gasteiger partial charge in [-0.3, -0.25) is 4.79 Å². The second kappa shape index (κ2) is 8.49. The maximum atomic E-state index is 12.2. The van der Waals surface area contributed by atoms with Gasteiger partial charge in [-0.1, -0.05) is 67.2 Å². The van der Waals surface area contributed by atoms with Crippen LogP contribution in [-0.2, 0) is 9.53 Å². The van der Waals surface area contributed by atoms with Crippen LogP contribution in [-0.4, -0.2) is 32.9 Å². The number of para-hydroxylation sites is 1. The first kappa shape index (κ1) is 19.2. The Morgan fingerprint density at radius 1 is 1.07 bits per heavy atom. The first-order valence-corrected chi connectivity index (χ1v) is 10.3. The van der Waals surface area contributed by atoms with Crippen molar-refractivity contribution >= 4 is 28.8 Å². The topological polar surface area (TPSA) is 57.0 Å². The number of nitrogens with zero attached hydrogens (tertiary/aromatic N) is 3. The van der Waals surface area contributed by atoms with Crippen LogP contribution in [0.2, 0.25) is 0 Å². The Labute approximate surface area is 173 Å². The van der Waals surface area contributed by atoms with Crippen LogP contribution in [0.4, 0.5) is 0 Å². The summed E-state index contributed by atoms with van der Waals surface area (Å²) in [5.74, 6) is -0.243. The van der Waals surface area contributed by atoms with Gasteiger partial charge in [0.05, 0.1) is 12.5 Å². The van der Waals surface area contributed by atoms with Gasteiger partial charge < -0.3 is 9.30 Å². The number of methoxy groups -OCH3 is 1. The fourth-order valence-electron chi connectivity index (χ4n) is 3.31. The van der Waals surface area contributed by atoms with E-state index in [0.717, 1.165) is 32.9 Å². The molecule has 0 amide bonds. The summed E-state index contributed by atoms with van der Waals surface area (Å²) in [6.07, 6.45) is 4.30. The van der Waals surface area contributed by atoms with E-state index in [1.165, 1.54) is 18.9 Å². The van der Waals surface area contributed by atoms with E-state index >= 15 is 0 Å². The molecule has 0 aliphatic carbocycles. The molecule has 0 aliphatic rings. The molecule has 0 bridgehead atoms. The molecule has 146 valence electrons. The lowest BCUT2D eigenvalue weighted by molar-refractivity contribution is -0.140. The monoisotopic (exact) mass is 403 g/mol. The van der Waals surface area contributed by atoms with Crippen molar-refractivity contribution in [3.63, 3.8) is 0 Å². The van der Waals surface area contributed by atoms with Crippen molar-refractivity contribution in [3.8, 4) is 16.8 Å². The number of hydrogen-bond acceptors (Lipinski definition) is 5. The third kappa shape index (κ3) is 3.76. The third-order valence-corrected chi connectivity index (χ3v) is 6.10. The molecule has 2 aromatic heterocycles. The number of hydrogen-bond donors (Lipinski definition) is 0. The highest BCUT2D eigenvalue weighted by Gasteiger charge is 2.23. The molecule has 29 heavy (non-hydrogen) atoms. The van der Waals surface area contributed by atoms with E-state index in [4.69, 9.17) is 4.74 Å². The van der Waals surface area contributed by atoms with Gasteiger partial charge in [0.15, 0.2) is 0 Å². The highest BCUT2D eigenvalue weighted by Crippen LogP contribution is 2.38. The van der Waals surface area contributed by atoms with Crippen molar-refractivity contribution in [2.45, 2.75) is 23.6 Å². The van der Waals surface area contributed by atoms with Crippen LogP contribution in [0.3, 0.4) is 0 Å². The molecule has 0 N–H and O–H groups in total. The lowest BCUT2D eigenvalue weighted by atomic mass is 10.1. The first-order chi connectivity index (χ1) is 14.2. The lowest BCUT2D eigenvalue weighted by Gasteiger charge is -2.12. The summed E-state index contributed by atoms with van der Waals surface area (Å²) in [7, 11) is 1.42. The molecular weight excluding hydrogens is 382 g/mol. The molecule has 0 saturated heterocycles. The summed E-state index contributed by atoms with van der Waals surface area (Å²) >= 11 is 1.43. The number of ether oxygens (including phenoxy) is 1. The highest BCUT2D eigenvalue weighted by atomic mass is 32.2. The van der Waals surface area contributed by atoms with E-state index in [2.05, 4.69) is 32.9 Å². The van der Waals surface area contributed by atoms with E-state index in [1.54, 1.807) is 6.33 Å². The smallest absolute Gasteiger partial charge is 0.319 e. The number of esters is 1. The van der Waals surface area contributed by atoms with Gasteiger partial charge in [0.25, 0.3) is 0 Å². The summed E-state index contributed by atoms with van der Waals surface area (Å²) in [6.45, 7) is 1.97. The average Bonchev–Trinajstić information content (AvgIpc) is 3.18. The number of carbonyl (C=O) groups excluding carboxylic acids is 1. The average molecular weight is 404 g/mol. The molecule has 0 unspecified atom stereocenters. The zero-order valence-electron chi connectivity index (χ0n) is 16.3. The normalized spacial score (nSPS) is 12.1. The van der Waals surface area contributed by atoms with Crippen molar-refractivity contribution in [2.75, 3.05) is 7.11 Å². The van der Waals surface area contributed by atoms with E-state index < -0.39 is 0 Å². The van der Waals surface area contributed by atoms with Crippen LogP contribution in [0.5, 0.6) is 0 Å². The fourth-order valence-corrected chi connectivity index (χ4v) is 4.37.